The lowest BCUT2D eigenvalue weighted by atomic mass is 10.2. The molecule has 0 aliphatic carbocycles. The van der Waals surface area contributed by atoms with Gasteiger partial charge in [-0.1, -0.05) is 6.07 Å². The summed E-state index contributed by atoms with van der Waals surface area (Å²) in [7, 11) is 0. The highest BCUT2D eigenvalue weighted by Crippen LogP contribution is 2.25. The number of amides is 1. The van der Waals surface area contributed by atoms with Crippen molar-refractivity contribution >= 4 is 33.2 Å². The Balaban J connectivity index is 1.49. The molecule has 1 saturated heterocycles. The van der Waals surface area contributed by atoms with Crippen molar-refractivity contribution in [2.45, 2.75) is 26.7 Å². The Kier molecular flexibility index (Phi) is 5.22. The van der Waals surface area contributed by atoms with E-state index in [1.165, 1.54) is 18.5 Å². The minimum absolute atomic E-state index is 0.111. The van der Waals surface area contributed by atoms with E-state index in [9.17, 15) is 4.79 Å². The number of rotatable bonds is 4. The average Bonchev–Trinajstić information content (AvgIpc) is 3.33. The summed E-state index contributed by atoms with van der Waals surface area (Å²) in [5, 5.41) is 7.54. The number of carbonyl (C=O) groups is 1. The number of nitrogens with zero attached hydrogens (tertiary/aromatic N) is 3. The van der Waals surface area contributed by atoms with Crippen molar-refractivity contribution in [2.24, 2.45) is 0 Å². The van der Waals surface area contributed by atoms with Crippen LogP contribution in [0.1, 0.15) is 34.6 Å². The standard InChI is InChI=1S/C22H23BrN4O/c1-15-21(23)16(2)27(25-15)19-10-8-17(9-11-19)22(28)24-18-6-5-7-20(14-18)26-12-3-4-13-26/h5-11,14H,3-4,12-13H2,1-2H3,(H,24,28). The van der Waals surface area contributed by atoms with Crippen LogP contribution in [0.15, 0.2) is 53.0 Å². The monoisotopic (exact) mass is 438 g/mol. The van der Waals surface area contributed by atoms with E-state index in [1.54, 1.807) is 0 Å². The minimum Gasteiger partial charge on any atom is -0.371 e. The van der Waals surface area contributed by atoms with E-state index in [0.29, 0.717) is 5.56 Å². The third-order valence-corrected chi connectivity index (χ3v) is 6.30. The van der Waals surface area contributed by atoms with Crippen molar-refractivity contribution in [3.8, 4) is 5.69 Å². The molecule has 1 fully saturated rings. The van der Waals surface area contributed by atoms with Crippen LogP contribution in [0.25, 0.3) is 5.69 Å². The summed E-state index contributed by atoms with van der Waals surface area (Å²) >= 11 is 3.55. The smallest absolute Gasteiger partial charge is 0.255 e. The molecule has 1 aliphatic heterocycles. The lowest BCUT2D eigenvalue weighted by Crippen LogP contribution is -2.18. The van der Waals surface area contributed by atoms with Crippen LogP contribution in [0, 0.1) is 13.8 Å². The minimum atomic E-state index is -0.111. The van der Waals surface area contributed by atoms with Crippen LogP contribution >= 0.6 is 15.9 Å². The Bertz CT molecular complexity index is 1000. The van der Waals surface area contributed by atoms with Crippen molar-refractivity contribution in [1.29, 1.82) is 0 Å². The fraction of sp³-hybridized carbons (Fsp3) is 0.273. The lowest BCUT2D eigenvalue weighted by molar-refractivity contribution is 0.102. The van der Waals surface area contributed by atoms with E-state index in [0.717, 1.165) is 40.3 Å². The maximum Gasteiger partial charge on any atom is 0.255 e. The van der Waals surface area contributed by atoms with Gasteiger partial charge < -0.3 is 10.2 Å². The van der Waals surface area contributed by atoms with Crippen molar-refractivity contribution in [3.05, 3.63) is 70.0 Å². The number of hydrogen-bond donors (Lipinski definition) is 1. The lowest BCUT2D eigenvalue weighted by Gasteiger charge is -2.18. The molecule has 0 saturated carbocycles. The van der Waals surface area contributed by atoms with Gasteiger partial charge in [-0.15, -0.1) is 0 Å². The number of benzene rings is 2. The molecule has 0 unspecified atom stereocenters. The Hall–Kier alpha value is -2.60. The molecular weight excluding hydrogens is 416 g/mol. The summed E-state index contributed by atoms with van der Waals surface area (Å²) in [5.74, 6) is -0.111. The fourth-order valence-electron chi connectivity index (χ4n) is 3.59. The van der Waals surface area contributed by atoms with Gasteiger partial charge in [0.2, 0.25) is 0 Å². The predicted octanol–water partition coefficient (Wildman–Crippen LogP) is 5.10. The predicted molar refractivity (Wildman–Crippen MR) is 117 cm³/mol. The Labute approximate surface area is 173 Å². The first-order chi connectivity index (χ1) is 13.5. The summed E-state index contributed by atoms with van der Waals surface area (Å²) < 4.78 is 2.88. The molecule has 3 aromatic rings. The molecule has 2 heterocycles. The Morgan fingerprint density at radius 2 is 1.75 bits per heavy atom. The largest absolute Gasteiger partial charge is 0.371 e. The zero-order chi connectivity index (χ0) is 19.7. The van der Waals surface area contributed by atoms with Gasteiger partial charge in [0, 0.05) is 30.0 Å². The molecule has 0 bridgehead atoms. The molecule has 2 aromatic carbocycles. The van der Waals surface area contributed by atoms with E-state index in [1.807, 2.05) is 61.0 Å². The summed E-state index contributed by atoms with van der Waals surface area (Å²) in [6, 6.07) is 15.6. The van der Waals surface area contributed by atoms with Gasteiger partial charge in [-0.2, -0.15) is 5.10 Å². The fourth-order valence-corrected chi connectivity index (χ4v) is 3.84. The van der Waals surface area contributed by atoms with Gasteiger partial charge in [-0.05, 0) is 85.1 Å². The number of carbonyl (C=O) groups excluding carboxylic acids is 1. The molecule has 144 valence electrons. The second-order valence-electron chi connectivity index (χ2n) is 7.14. The molecule has 5 nitrogen and oxygen atoms in total. The van der Waals surface area contributed by atoms with Gasteiger partial charge in [0.15, 0.2) is 0 Å². The van der Waals surface area contributed by atoms with E-state index < -0.39 is 0 Å². The van der Waals surface area contributed by atoms with Crippen molar-refractivity contribution in [2.75, 3.05) is 23.3 Å². The molecule has 1 aromatic heterocycles. The van der Waals surface area contributed by atoms with E-state index in [-0.39, 0.29) is 5.91 Å². The van der Waals surface area contributed by atoms with Gasteiger partial charge in [0.25, 0.3) is 5.91 Å². The molecule has 4 rings (SSSR count). The summed E-state index contributed by atoms with van der Waals surface area (Å²) in [5.41, 5.74) is 5.52. The van der Waals surface area contributed by atoms with Crippen LogP contribution in [0.4, 0.5) is 11.4 Å². The van der Waals surface area contributed by atoms with E-state index in [4.69, 9.17) is 0 Å². The first-order valence-corrected chi connectivity index (χ1v) is 10.3. The first-order valence-electron chi connectivity index (χ1n) is 9.51. The highest BCUT2D eigenvalue weighted by atomic mass is 79.9. The number of anilines is 2. The molecule has 28 heavy (non-hydrogen) atoms. The Morgan fingerprint density at radius 1 is 1.04 bits per heavy atom. The second-order valence-corrected chi connectivity index (χ2v) is 7.94. The van der Waals surface area contributed by atoms with Crippen LogP contribution in [-0.4, -0.2) is 28.8 Å². The van der Waals surface area contributed by atoms with Crippen LogP contribution in [-0.2, 0) is 0 Å². The summed E-state index contributed by atoms with van der Waals surface area (Å²) in [6.07, 6.45) is 2.46. The van der Waals surface area contributed by atoms with Gasteiger partial charge in [-0.3, -0.25) is 4.79 Å². The van der Waals surface area contributed by atoms with Gasteiger partial charge in [-0.25, -0.2) is 4.68 Å². The van der Waals surface area contributed by atoms with Crippen LogP contribution in [0.3, 0.4) is 0 Å². The van der Waals surface area contributed by atoms with E-state index in [2.05, 4.69) is 37.3 Å². The highest BCUT2D eigenvalue weighted by Gasteiger charge is 2.14. The van der Waals surface area contributed by atoms with Gasteiger partial charge in [0.05, 0.1) is 21.5 Å². The Morgan fingerprint density at radius 3 is 2.39 bits per heavy atom. The SMILES string of the molecule is Cc1nn(-c2ccc(C(=O)Nc3cccc(N4CCCC4)c3)cc2)c(C)c1Br. The topological polar surface area (TPSA) is 50.2 Å². The normalized spacial score (nSPS) is 13.8. The third kappa shape index (κ3) is 3.69. The third-order valence-electron chi connectivity index (χ3n) is 5.15. The average molecular weight is 439 g/mol. The van der Waals surface area contributed by atoms with Gasteiger partial charge >= 0.3 is 0 Å². The van der Waals surface area contributed by atoms with Crippen LogP contribution < -0.4 is 10.2 Å². The van der Waals surface area contributed by atoms with Crippen LogP contribution in [0.5, 0.6) is 0 Å². The summed E-state index contributed by atoms with van der Waals surface area (Å²) in [4.78, 5) is 15.0. The molecule has 6 heteroatoms. The molecule has 1 aliphatic rings. The van der Waals surface area contributed by atoms with Crippen molar-refractivity contribution in [1.82, 2.24) is 9.78 Å². The van der Waals surface area contributed by atoms with Crippen LogP contribution in [0.2, 0.25) is 0 Å². The maximum absolute atomic E-state index is 12.7. The van der Waals surface area contributed by atoms with Gasteiger partial charge in [0.1, 0.15) is 0 Å². The summed E-state index contributed by atoms with van der Waals surface area (Å²) in [6.45, 7) is 6.15. The molecular formula is C22H23BrN4O. The molecule has 1 amide bonds. The maximum atomic E-state index is 12.7. The number of hydrogen-bond acceptors (Lipinski definition) is 3. The number of aromatic nitrogens is 2. The highest BCUT2D eigenvalue weighted by molar-refractivity contribution is 9.10. The molecule has 1 N–H and O–H groups in total. The number of aryl methyl sites for hydroxylation is 1. The van der Waals surface area contributed by atoms with Crippen molar-refractivity contribution < 1.29 is 4.79 Å². The molecule has 0 spiro atoms. The number of halogens is 1. The first kappa shape index (κ1) is 18.7. The zero-order valence-corrected chi connectivity index (χ0v) is 17.7. The molecule has 0 atom stereocenters. The van der Waals surface area contributed by atoms with E-state index >= 15 is 0 Å². The number of nitrogens with one attached hydrogen (secondary N) is 1. The zero-order valence-electron chi connectivity index (χ0n) is 16.1. The quantitative estimate of drug-likeness (QED) is 0.615. The second kappa shape index (κ2) is 7.80. The van der Waals surface area contributed by atoms with Crippen molar-refractivity contribution in [3.63, 3.8) is 0 Å². The molecule has 0 radical (unpaired) electrons.